The molecule has 96 valence electrons. The standard InChI is InChI=1S/C13H23N3O/c1-9-13(10(2)16(4)15-9)8-14-7-12-5-6-17-11(12)3/h11-12,14H,5-8H2,1-4H3. The van der Waals surface area contributed by atoms with E-state index in [1.54, 1.807) is 0 Å². The van der Waals surface area contributed by atoms with E-state index in [4.69, 9.17) is 4.74 Å². The van der Waals surface area contributed by atoms with Gasteiger partial charge in [0.15, 0.2) is 0 Å². The highest BCUT2D eigenvalue weighted by Crippen LogP contribution is 2.19. The quantitative estimate of drug-likeness (QED) is 0.863. The van der Waals surface area contributed by atoms with Gasteiger partial charge in [-0.05, 0) is 33.1 Å². The van der Waals surface area contributed by atoms with E-state index in [9.17, 15) is 0 Å². The molecule has 1 saturated heterocycles. The van der Waals surface area contributed by atoms with Crippen molar-refractivity contribution in [2.45, 2.75) is 39.8 Å². The maximum Gasteiger partial charge on any atom is 0.0641 e. The van der Waals surface area contributed by atoms with Crippen LogP contribution in [0.25, 0.3) is 0 Å². The summed E-state index contributed by atoms with van der Waals surface area (Å²) in [5.74, 6) is 0.660. The monoisotopic (exact) mass is 237 g/mol. The fraction of sp³-hybridized carbons (Fsp3) is 0.769. The summed E-state index contributed by atoms with van der Waals surface area (Å²) in [6.45, 7) is 9.23. The van der Waals surface area contributed by atoms with Crippen LogP contribution in [-0.2, 0) is 18.3 Å². The summed E-state index contributed by atoms with van der Waals surface area (Å²) < 4.78 is 7.52. The van der Waals surface area contributed by atoms with Crippen LogP contribution in [0.3, 0.4) is 0 Å². The number of ether oxygens (including phenoxy) is 1. The third-order valence-corrected chi connectivity index (χ3v) is 3.90. The summed E-state index contributed by atoms with van der Waals surface area (Å²) >= 11 is 0. The van der Waals surface area contributed by atoms with Crippen molar-refractivity contribution < 1.29 is 4.74 Å². The van der Waals surface area contributed by atoms with Crippen molar-refractivity contribution in [1.82, 2.24) is 15.1 Å². The molecular formula is C13H23N3O. The van der Waals surface area contributed by atoms with Crippen molar-refractivity contribution in [3.05, 3.63) is 17.0 Å². The lowest BCUT2D eigenvalue weighted by Gasteiger charge is -2.14. The lowest BCUT2D eigenvalue weighted by molar-refractivity contribution is 0.105. The molecule has 0 aromatic carbocycles. The van der Waals surface area contributed by atoms with Crippen LogP contribution >= 0.6 is 0 Å². The van der Waals surface area contributed by atoms with Crippen LogP contribution in [-0.4, -0.2) is 29.0 Å². The first-order valence-corrected chi connectivity index (χ1v) is 6.41. The average molecular weight is 237 g/mol. The number of nitrogens with one attached hydrogen (secondary N) is 1. The van der Waals surface area contributed by atoms with Crippen LogP contribution < -0.4 is 5.32 Å². The topological polar surface area (TPSA) is 39.1 Å². The summed E-state index contributed by atoms with van der Waals surface area (Å²) in [5, 5.41) is 7.96. The molecule has 0 bridgehead atoms. The van der Waals surface area contributed by atoms with E-state index in [0.717, 1.165) is 25.4 Å². The SMILES string of the molecule is Cc1nn(C)c(C)c1CNCC1CCOC1C. The van der Waals surface area contributed by atoms with E-state index in [1.807, 2.05) is 11.7 Å². The molecule has 2 rings (SSSR count). The van der Waals surface area contributed by atoms with E-state index in [1.165, 1.54) is 17.7 Å². The smallest absolute Gasteiger partial charge is 0.0641 e. The Morgan fingerprint density at radius 2 is 2.24 bits per heavy atom. The van der Waals surface area contributed by atoms with Crippen molar-refractivity contribution in [2.75, 3.05) is 13.2 Å². The minimum Gasteiger partial charge on any atom is -0.378 e. The Balaban J connectivity index is 1.85. The average Bonchev–Trinajstić information content (AvgIpc) is 2.78. The maximum absolute atomic E-state index is 5.56. The summed E-state index contributed by atoms with van der Waals surface area (Å²) in [6, 6.07) is 0. The normalized spacial score (nSPS) is 24.5. The van der Waals surface area contributed by atoms with E-state index in [0.29, 0.717) is 12.0 Å². The molecule has 17 heavy (non-hydrogen) atoms. The lowest BCUT2D eigenvalue weighted by atomic mass is 10.0. The van der Waals surface area contributed by atoms with Gasteiger partial charge in [-0.1, -0.05) is 0 Å². The second-order valence-electron chi connectivity index (χ2n) is 5.03. The van der Waals surface area contributed by atoms with Crippen molar-refractivity contribution in [2.24, 2.45) is 13.0 Å². The molecule has 0 spiro atoms. The van der Waals surface area contributed by atoms with Gasteiger partial charge in [-0.15, -0.1) is 0 Å². The van der Waals surface area contributed by atoms with Crippen LogP contribution in [0, 0.1) is 19.8 Å². The summed E-state index contributed by atoms with van der Waals surface area (Å²) in [4.78, 5) is 0. The molecule has 0 radical (unpaired) electrons. The Morgan fingerprint density at radius 3 is 2.76 bits per heavy atom. The molecule has 0 aliphatic carbocycles. The first kappa shape index (κ1) is 12.6. The third kappa shape index (κ3) is 2.69. The second-order valence-corrected chi connectivity index (χ2v) is 5.03. The van der Waals surface area contributed by atoms with Gasteiger partial charge in [0.05, 0.1) is 11.8 Å². The van der Waals surface area contributed by atoms with Crippen molar-refractivity contribution >= 4 is 0 Å². The molecule has 2 heterocycles. The van der Waals surface area contributed by atoms with Gasteiger partial charge in [-0.3, -0.25) is 4.68 Å². The largest absolute Gasteiger partial charge is 0.378 e. The number of nitrogens with zero attached hydrogens (tertiary/aromatic N) is 2. The molecule has 1 fully saturated rings. The van der Waals surface area contributed by atoms with Gasteiger partial charge in [-0.2, -0.15) is 5.10 Å². The fourth-order valence-corrected chi connectivity index (χ4v) is 2.50. The van der Waals surface area contributed by atoms with Crippen LogP contribution in [0.15, 0.2) is 0 Å². The van der Waals surface area contributed by atoms with Crippen LogP contribution in [0.1, 0.15) is 30.3 Å². The number of aromatic nitrogens is 2. The van der Waals surface area contributed by atoms with Gasteiger partial charge < -0.3 is 10.1 Å². The Kier molecular flexibility index (Phi) is 3.84. The number of hydrogen-bond acceptors (Lipinski definition) is 3. The fourth-order valence-electron chi connectivity index (χ4n) is 2.50. The molecule has 1 N–H and O–H groups in total. The highest BCUT2D eigenvalue weighted by Gasteiger charge is 2.23. The molecule has 1 aliphatic rings. The van der Waals surface area contributed by atoms with Gasteiger partial charge in [-0.25, -0.2) is 0 Å². The highest BCUT2D eigenvalue weighted by molar-refractivity contribution is 5.23. The third-order valence-electron chi connectivity index (χ3n) is 3.90. The lowest BCUT2D eigenvalue weighted by Crippen LogP contribution is -2.27. The Morgan fingerprint density at radius 1 is 1.47 bits per heavy atom. The Hall–Kier alpha value is -0.870. The molecule has 1 aliphatic heterocycles. The van der Waals surface area contributed by atoms with E-state index in [2.05, 4.69) is 31.2 Å². The van der Waals surface area contributed by atoms with Crippen molar-refractivity contribution in [3.63, 3.8) is 0 Å². The second kappa shape index (κ2) is 5.19. The minimum absolute atomic E-state index is 0.401. The molecule has 2 atom stereocenters. The highest BCUT2D eigenvalue weighted by atomic mass is 16.5. The molecule has 4 heteroatoms. The summed E-state index contributed by atoms with van der Waals surface area (Å²) in [6.07, 6.45) is 1.58. The predicted octanol–water partition coefficient (Wildman–Crippen LogP) is 1.55. The van der Waals surface area contributed by atoms with Crippen LogP contribution in [0.4, 0.5) is 0 Å². The molecule has 0 saturated carbocycles. The van der Waals surface area contributed by atoms with E-state index < -0.39 is 0 Å². The van der Waals surface area contributed by atoms with Gasteiger partial charge in [0, 0.05) is 38.0 Å². The van der Waals surface area contributed by atoms with Gasteiger partial charge >= 0.3 is 0 Å². The predicted molar refractivity (Wildman–Crippen MR) is 67.9 cm³/mol. The zero-order valence-electron chi connectivity index (χ0n) is 11.3. The first-order chi connectivity index (χ1) is 8.09. The maximum atomic E-state index is 5.56. The summed E-state index contributed by atoms with van der Waals surface area (Å²) in [5.41, 5.74) is 3.72. The molecule has 0 amide bonds. The number of hydrogen-bond donors (Lipinski definition) is 1. The zero-order chi connectivity index (χ0) is 12.4. The zero-order valence-corrected chi connectivity index (χ0v) is 11.3. The molecule has 1 aromatic heterocycles. The van der Waals surface area contributed by atoms with Crippen molar-refractivity contribution in [3.8, 4) is 0 Å². The van der Waals surface area contributed by atoms with Gasteiger partial charge in [0.2, 0.25) is 0 Å². The number of aryl methyl sites for hydroxylation is 2. The molecule has 4 nitrogen and oxygen atoms in total. The van der Waals surface area contributed by atoms with Gasteiger partial charge in [0.25, 0.3) is 0 Å². The minimum atomic E-state index is 0.401. The molecule has 2 unspecified atom stereocenters. The molecule has 1 aromatic rings. The Bertz CT molecular complexity index is 386. The molecular weight excluding hydrogens is 214 g/mol. The number of rotatable bonds is 4. The van der Waals surface area contributed by atoms with Crippen LogP contribution in [0.2, 0.25) is 0 Å². The van der Waals surface area contributed by atoms with E-state index in [-0.39, 0.29) is 0 Å². The van der Waals surface area contributed by atoms with Gasteiger partial charge in [0.1, 0.15) is 0 Å². The van der Waals surface area contributed by atoms with Crippen LogP contribution in [0.5, 0.6) is 0 Å². The first-order valence-electron chi connectivity index (χ1n) is 6.41. The van der Waals surface area contributed by atoms with Crippen molar-refractivity contribution in [1.29, 1.82) is 0 Å². The van der Waals surface area contributed by atoms with E-state index >= 15 is 0 Å². The summed E-state index contributed by atoms with van der Waals surface area (Å²) in [7, 11) is 2.00. The Labute approximate surface area is 103 Å².